The Morgan fingerprint density at radius 1 is 0.960 bits per heavy atom. The molecule has 1 aromatic heterocycles. The Hall–Kier alpha value is -4.97. The number of piperidine rings is 1. The van der Waals surface area contributed by atoms with Gasteiger partial charge in [-0.15, -0.1) is 0 Å². The van der Waals surface area contributed by atoms with Crippen molar-refractivity contribution < 1.29 is 19.4 Å². The molecule has 0 radical (unpaired) electrons. The van der Waals surface area contributed by atoms with Gasteiger partial charge in [0, 0.05) is 43.9 Å². The first-order chi connectivity index (χ1) is 24.3. The molecule has 1 aliphatic rings. The van der Waals surface area contributed by atoms with Gasteiger partial charge in [-0.1, -0.05) is 85.0 Å². The zero-order chi connectivity index (χ0) is 34.9. The summed E-state index contributed by atoms with van der Waals surface area (Å²) < 4.78 is 6.56. The number of rotatable bonds is 13. The summed E-state index contributed by atoms with van der Waals surface area (Å²) in [6.07, 6.45) is 1.96. The Morgan fingerprint density at radius 2 is 1.70 bits per heavy atom. The van der Waals surface area contributed by atoms with E-state index in [1.165, 1.54) is 5.56 Å². The summed E-state index contributed by atoms with van der Waals surface area (Å²) in [7, 11) is 0. The second kappa shape index (κ2) is 16.6. The van der Waals surface area contributed by atoms with Crippen molar-refractivity contribution in [3.8, 4) is 16.9 Å². The van der Waals surface area contributed by atoms with Crippen molar-refractivity contribution in [3.63, 3.8) is 0 Å². The summed E-state index contributed by atoms with van der Waals surface area (Å²) in [6.45, 7) is 5.86. The van der Waals surface area contributed by atoms with Crippen LogP contribution in [0.3, 0.4) is 0 Å². The van der Waals surface area contributed by atoms with Crippen molar-refractivity contribution in [2.45, 2.75) is 44.6 Å². The van der Waals surface area contributed by atoms with E-state index in [2.05, 4.69) is 32.8 Å². The van der Waals surface area contributed by atoms with Crippen LogP contribution in [0.1, 0.15) is 43.2 Å². The number of thiazole rings is 1. The summed E-state index contributed by atoms with van der Waals surface area (Å²) in [5.74, 6) is 0.333. The van der Waals surface area contributed by atoms with E-state index >= 15 is 0 Å². The van der Waals surface area contributed by atoms with Crippen LogP contribution in [-0.2, 0) is 16.0 Å². The van der Waals surface area contributed by atoms with Crippen LogP contribution in [-0.4, -0.2) is 65.8 Å². The number of carbonyl (C=O) groups excluding carboxylic acids is 2. The van der Waals surface area contributed by atoms with Gasteiger partial charge in [0.2, 0.25) is 5.91 Å². The number of phenolic OH excluding ortho intramolecular Hbond substituents is 1. The van der Waals surface area contributed by atoms with Gasteiger partial charge in [-0.25, -0.2) is 4.79 Å². The highest BCUT2D eigenvalue weighted by atomic mass is 32.1. The van der Waals surface area contributed by atoms with Crippen LogP contribution in [0.15, 0.2) is 95.8 Å². The topological polar surface area (TPSA) is 136 Å². The number of fused-ring (bicyclic) bond motifs is 1. The highest BCUT2D eigenvalue weighted by Crippen LogP contribution is 2.29. The number of likely N-dealkylation sites (tertiary alicyclic amines) is 1. The fourth-order valence-corrected chi connectivity index (χ4v) is 7.21. The molecule has 5 aromatic rings. The Balaban J connectivity index is 0.871. The molecule has 4 aromatic carbocycles. The largest absolute Gasteiger partial charge is 0.506 e. The van der Waals surface area contributed by atoms with Gasteiger partial charge < -0.3 is 30.4 Å². The number of aromatic hydroxyl groups is 1. The Morgan fingerprint density at radius 3 is 2.48 bits per heavy atom. The van der Waals surface area contributed by atoms with Crippen LogP contribution >= 0.6 is 11.3 Å². The lowest BCUT2D eigenvalue weighted by atomic mass is 10.0. The molecule has 10 nitrogen and oxygen atoms in total. The normalized spacial score (nSPS) is 14.3. The number of hydrogen-bond donors (Lipinski definition) is 5. The standard InChI is InChI=1S/C39H43N5O5S/c1-26(25-40-21-17-29-13-16-34(45)36-37(29)50-39(48)43-36)27-11-14-30(15-12-27)41-35(46)20-24-44-22-18-31(19-23-44)49-38(47)42-33-10-6-5-9-32(33)28-7-3-2-4-8-28/h2-16,26,31,40,45H,17-25H2,1H3,(H,41,46)(H,42,47)(H,43,48). The molecule has 1 unspecified atom stereocenters. The van der Waals surface area contributed by atoms with Gasteiger partial charge >= 0.3 is 11.0 Å². The Bertz CT molecular complexity index is 1950. The van der Waals surface area contributed by atoms with Gasteiger partial charge in [0.1, 0.15) is 17.4 Å². The summed E-state index contributed by atoms with van der Waals surface area (Å²) in [5.41, 5.74) is 6.16. The van der Waals surface area contributed by atoms with Gasteiger partial charge in [-0.3, -0.25) is 14.9 Å². The highest BCUT2D eigenvalue weighted by molar-refractivity contribution is 7.16. The molecule has 2 amide bonds. The average molecular weight is 694 g/mol. The van der Waals surface area contributed by atoms with E-state index in [0.29, 0.717) is 24.2 Å². The number of ether oxygens (including phenoxy) is 1. The van der Waals surface area contributed by atoms with E-state index in [4.69, 9.17) is 4.74 Å². The number of nitrogens with one attached hydrogen (secondary N) is 4. The minimum Gasteiger partial charge on any atom is -0.506 e. The minimum atomic E-state index is -0.451. The van der Waals surface area contributed by atoms with Crippen molar-refractivity contribution in [1.29, 1.82) is 0 Å². The zero-order valence-corrected chi connectivity index (χ0v) is 28.9. The quantitative estimate of drug-likeness (QED) is 0.0844. The maximum absolute atomic E-state index is 12.7. The van der Waals surface area contributed by atoms with Crippen LogP contribution in [0.4, 0.5) is 16.2 Å². The van der Waals surface area contributed by atoms with Crippen molar-refractivity contribution >= 4 is 44.9 Å². The number of hydrogen-bond acceptors (Lipinski definition) is 8. The predicted octanol–water partition coefficient (Wildman–Crippen LogP) is 6.94. The number of aromatic nitrogens is 1. The second-order valence-corrected chi connectivity index (χ2v) is 13.7. The van der Waals surface area contributed by atoms with Gasteiger partial charge in [-0.05, 0) is 72.7 Å². The lowest BCUT2D eigenvalue weighted by Crippen LogP contribution is -2.39. The number of carbonyl (C=O) groups is 2. The Labute approximate surface area is 295 Å². The van der Waals surface area contributed by atoms with Crippen LogP contribution in [0.5, 0.6) is 5.75 Å². The van der Waals surface area contributed by atoms with Crippen molar-refractivity contribution in [2.75, 3.05) is 43.4 Å². The van der Waals surface area contributed by atoms with E-state index in [9.17, 15) is 19.5 Å². The van der Waals surface area contributed by atoms with E-state index in [1.54, 1.807) is 6.07 Å². The predicted molar refractivity (Wildman–Crippen MR) is 200 cm³/mol. The molecule has 1 atom stereocenters. The molecule has 11 heteroatoms. The lowest BCUT2D eigenvalue weighted by molar-refractivity contribution is -0.116. The summed E-state index contributed by atoms with van der Waals surface area (Å²) >= 11 is 1.12. The van der Waals surface area contributed by atoms with Gasteiger partial charge in [0.25, 0.3) is 0 Å². The molecule has 1 fully saturated rings. The third kappa shape index (κ3) is 9.17. The molecule has 2 heterocycles. The second-order valence-electron chi connectivity index (χ2n) is 12.7. The average Bonchev–Trinajstić information content (AvgIpc) is 3.54. The maximum atomic E-state index is 12.7. The number of nitrogens with zero attached hydrogens (tertiary/aromatic N) is 1. The van der Waals surface area contributed by atoms with Crippen LogP contribution < -0.4 is 20.8 Å². The highest BCUT2D eigenvalue weighted by Gasteiger charge is 2.23. The van der Waals surface area contributed by atoms with Crippen molar-refractivity contribution in [3.05, 3.63) is 112 Å². The van der Waals surface area contributed by atoms with Gasteiger partial charge in [0.15, 0.2) is 0 Å². The monoisotopic (exact) mass is 693 g/mol. The molecule has 50 heavy (non-hydrogen) atoms. The fourth-order valence-electron chi connectivity index (χ4n) is 6.31. The number of H-pyrrole nitrogens is 1. The molecule has 1 aliphatic heterocycles. The number of anilines is 2. The molecule has 0 bridgehead atoms. The maximum Gasteiger partial charge on any atom is 0.411 e. The number of para-hydroxylation sites is 1. The smallest absolute Gasteiger partial charge is 0.411 e. The van der Waals surface area contributed by atoms with Crippen molar-refractivity contribution in [2.24, 2.45) is 0 Å². The minimum absolute atomic E-state index is 0.0296. The zero-order valence-electron chi connectivity index (χ0n) is 28.1. The molecule has 0 aliphatic carbocycles. The molecule has 6 rings (SSSR count). The lowest BCUT2D eigenvalue weighted by Gasteiger charge is -2.31. The van der Waals surface area contributed by atoms with E-state index in [1.807, 2.05) is 84.9 Å². The third-order valence-electron chi connectivity index (χ3n) is 9.14. The fraction of sp³-hybridized carbons (Fsp3) is 0.308. The third-order valence-corrected chi connectivity index (χ3v) is 10.1. The van der Waals surface area contributed by atoms with Crippen LogP contribution in [0.2, 0.25) is 0 Å². The van der Waals surface area contributed by atoms with E-state index in [0.717, 1.165) is 83.9 Å². The molecule has 5 N–H and O–H groups in total. The van der Waals surface area contributed by atoms with Crippen LogP contribution in [0.25, 0.3) is 21.3 Å². The Kier molecular flexibility index (Phi) is 11.6. The number of phenols is 1. The van der Waals surface area contributed by atoms with Gasteiger partial charge in [-0.2, -0.15) is 0 Å². The summed E-state index contributed by atoms with van der Waals surface area (Å²) in [5, 5.41) is 19.4. The molecule has 1 saturated heterocycles. The molecule has 0 spiro atoms. The van der Waals surface area contributed by atoms with E-state index in [-0.39, 0.29) is 28.6 Å². The van der Waals surface area contributed by atoms with Crippen LogP contribution in [0, 0.1) is 0 Å². The number of benzene rings is 4. The number of amides is 2. The summed E-state index contributed by atoms with van der Waals surface area (Å²) in [6, 6.07) is 29.1. The summed E-state index contributed by atoms with van der Waals surface area (Å²) in [4.78, 5) is 42.0. The van der Waals surface area contributed by atoms with Gasteiger partial charge in [0.05, 0.1) is 10.4 Å². The molecule has 260 valence electrons. The molecular weight excluding hydrogens is 651 g/mol. The SMILES string of the molecule is CC(CNCCc1ccc(O)c2[nH]c(=O)sc12)c1ccc(NC(=O)CCN2CCC(OC(=O)Nc3ccccc3-c3ccccc3)CC2)cc1. The van der Waals surface area contributed by atoms with E-state index < -0.39 is 6.09 Å². The first-order valence-electron chi connectivity index (χ1n) is 17.1. The number of aromatic amines is 1. The first kappa shape index (κ1) is 34.9. The molecule has 0 saturated carbocycles. The van der Waals surface area contributed by atoms with Crippen molar-refractivity contribution in [1.82, 2.24) is 15.2 Å². The molecular formula is C39H43N5O5S. The first-order valence-corrected chi connectivity index (χ1v) is 17.9.